The van der Waals surface area contributed by atoms with Crippen LogP contribution in [0.25, 0.3) is 0 Å². The second-order valence-electron chi connectivity index (χ2n) is 12.4. The number of phosphoric acid groups is 1. The summed E-state index contributed by atoms with van der Waals surface area (Å²) in [5.41, 5.74) is 0. The number of ether oxygens (including phenoxy) is 1. The molecule has 0 aliphatic carbocycles. The van der Waals surface area contributed by atoms with Crippen LogP contribution in [0.15, 0.2) is 12.2 Å². The molecular weight excluding hydrogens is 625 g/mol. The van der Waals surface area contributed by atoms with Gasteiger partial charge in [0.05, 0.1) is 13.2 Å². The highest BCUT2D eigenvalue weighted by Gasteiger charge is 2.28. The van der Waals surface area contributed by atoms with E-state index in [4.69, 9.17) is 13.8 Å². The molecule has 276 valence electrons. The third-order valence-electron chi connectivity index (χ3n) is 7.80. The molecule has 3 atom stereocenters. The first-order chi connectivity index (χ1) is 22.6. The largest absolute Gasteiger partial charge is 0.480 e. The summed E-state index contributed by atoms with van der Waals surface area (Å²) < 4.78 is 26.6. The van der Waals surface area contributed by atoms with Gasteiger partial charge >= 0.3 is 19.8 Å². The Balaban J connectivity index is 3.98. The lowest BCUT2D eigenvalue weighted by Crippen LogP contribution is -2.43. The lowest BCUT2D eigenvalue weighted by atomic mass is 10.1. The second kappa shape index (κ2) is 31.5. The first-order valence-corrected chi connectivity index (χ1v) is 19.7. The predicted molar refractivity (Wildman–Crippen MR) is 185 cm³/mol. The molecule has 12 heteroatoms. The van der Waals surface area contributed by atoms with Crippen molar-refractivity contribution in [3.05, 3.63) is 12.2 Å². The fraction of sp³-hybridized carbons (Fsp3) is 0.857. The molecule has 0 rings (SSSR count). The lowest BCUT2D eigenvalue weighted by Gasteiger charge is -2.18. The second-order valence-corrected chi connectivity index (χ2v) is 13.9. The predicted octanol–water partition coefficient (Wildman–Crippen LogP) is 8.16. The minimum absolute atomic E-state index is 0.148. The van der Waals surface area contributed by atoms with Crippen molar-refractivity contribution in [2.24, 2.45) is 0 Å². The number of carbonyl (C=O) groups is 3. The maximum absolute atomic E-state index is 12.2. The van der Waals surface area contributed by atoms with Crippen molar-refractivity contribution in [3.8, 4) is 0 Å². The van der Waals surface area contributed by atoms with Crippen LogP contribution in [0.4, 0.5) is 0 Å². The average molecular weight is 692 g/mol. The molecule has 0 radical (unpaired) electrons. The summed E-state index contributed by atoms with van der Waals surface area (Å²) >= 11 is 0. The van der Waals surface area contributed by atoms with E-state index in [9.17, 15) is 34.1 Å². The number of aliphatic hydroxyl groups is 1. The van der Waals surface area contributed by atoms with Crippen LogP contribution >= 0.6 is 7.82 Å². The molecule has 0 aromatic rings. The monoisotopic (exact) mass is 691 g/mol. The van der Waals surface area contributed by atoms with Crippen LogP contribution in [0, 0.1) is 0 Å². The SMILES string of the molecule is CCCCCC/C=C\CCCCCCCC(=O)OCC(O)COP(=O)(O)OCC(NC(=O)CCCCCCCCCCCC)C(=O)O. The number of hydrogen-bond donors (Lipinski definition) is 4. The number of carboxylic acids is 1. The maximum atomic E-state index is 12.2. The number of aliphatic hydroxyl groups excluding tert-OH is 1. The zero-order chi connectivity index (χ0) is 35.0. The van der Waals surface area contributed by atoms with Crippen LogP contribution in [0.1, 0.15) is 162 Å². The van der Waals surface area contributed by atoms with Gasteiger partial charge in [0, 0.05) is 12.8 Å². The van der Waals surface area contributed by atoms with E-state index in [1.165, 1.54) is 64.2 Å². The van der Waals surface area contributed by atoms with Gasteiger partial charge in [-0.25, -0.2) is 9.36 Å². The maximum Gasteiger partial charge on any atom is 0.472 e. The quantitative estimate of drug-likeness (QED) is 0.0224. The number of carboxylic acid groups (broad SMARTS) is 1. The molecule has 0 aliphatic heterocycles. The first-order valence-electron chi connectivity index (χ1n) is 18.2. The summed E-state index contributed by atoms with van der Waals surface area (Å²) in [5, 5.41) is 21.7. The molecule has 3 unspecified atom stereocenters. The third-order valence-corrected chi connectivity index (χ3v) is 8.76. The van der Waals surface area contributed by atoms with Gasteiger partial charge in [-0.15, -0.1) is 0 Å². The number of nitrogens with one attached hydrogen (secondary N) is 1. The Bertz CT molecular complexity index is 869. The van der Waals surface area contributed by atoms with Crippen LogP contribution in [0.2, 0.25) is 0 Å². The number of allylic oxidation sites excluding steroid dienone is 2. The van der Waals surface area contributed by atoms with Crippen LogP contribution in [0.5, 0.6) is 0 Å². The fourth-order valence-electron chi connectivity index (χ4n) is 4.90. The number of hydrogen-bond acceptors (Lipinski definition) is 8. The van der Waals surface area contributed by atoms with Gasteiger partial charge < -0.3 is 25.2 Å². The van der Waals surface area contributed by atoms with Crippen LogP contribution in [-0.2, 0) is 32.7 Å². The minimum Gasteiger partial charge on any atom is -0.480 e. The van der Waals surface area contributed by atoms with Crippen LogP contribution < -0.4 is 5.32 Å². The topological polar surface area (TPSA) is 169 Å². The summed E-state index contributed by atoms with van der Waals surface area (Å²) in [6.45, 7) is 2.52. The minimum atomic E-state index is -4.74. The Morgan fingerprint density at radius 2 is 1.11 bits per heavy atom. The zero-order valence-corrected chi connectivity index (χ0v) is 30.2. The van der Waals surface area contributed by atoms with Crippen LogP contribution in [-0.4, -0.2) is 64.9 Å². The summed E-state index contributed by atoms with van der Waals surface area (Å²) in [7, 11) is -4.74. The number of unbranched alkanes of at least 4 members (excludes halogenated alkanes) is 18. The van der Waals surface area contributed by atoms with Gasteiger partial charge in [-0.3, -0.25) is 18.6 Å². The van der Waals surface area contributed by atoms with Crippen molar-refractivity contribution < 1.29 is 47.8 Å². The zero-order valence-electron chi connectivity index (χ0n) is 29.3. The van der Waals surface area contributed by atoms with Crippen molar-refractivity contribution in [1.82, 2.24) is 5.32 Å². The smallest absolute Gasteiger partial charge is 0.472 e. The molecule has 47 heavy (non-hydrogen) atoms. The lowest BCUT2D eigenvalue weighted by molar-refractivity contribution is -0.147. The molecule has 0 spiro atoms. The highest BCUT2D eigenvalue weighted by atomic mass is 31.2. The summed E-state index contributed by atoms with van der Waals surface area (Å²) in [5.74, 6) is -2.38. The highest BCUT2D eigenvalue weighted by molar-refractivity contribution is 7.47. The van der Waals surface area contributed by atoms with E-state index >= 15 is 0 Å². The van der Waals surface area contributed by atoms with Crippen molar-refractivity contribution in [1.29, 1.82) is 0 Å². The number of esters is 1. The number of phosphoric ester groups is 1. The molecule has 0 saturated heterocycles. The van der Waals surface area contributed by atoms with Gasteiger partial charge in [0.2, 0.25) is 5.91 Å². The van der Waals surface area contributed by atoms with Gasteiger partial charge in [-0.2, -0.15) is 0 Å². The first kappa shape index (κ1) is 45.2. The summed E-state index contributed by atoms with van der Waals surface area (Å²) in [4.78, 5) is 45.5. The average Bonchev–Trinajstić information content (AvgIpc) is 3.04. The molecule has 4 N–H and O–H groups in total. The Morgan fingerprint density at radius 1 is 0.660 bits per heavy atom. The number of amides is 1. The Morgan fingerprint density at radius 3 is 1.64 bits per heavy atom. The van der Waals surface area contributed by atoms with E-state index < -0.39 is 57.6 Å². The van der Waals surface area contributed by atoms with E-state index in [1.54, 1.807) is 0 Å². The fourth-order valence-corrected chi connectivity index (χ4v) is 5.67. The molecule has 0 fully saturated rings. The van der Waals surface area contributed by atoms with E-state index in [1.807, 2.05) is 0 Å². The van der Waals surface area contributed by atoms with Crippen molar-refractivity contribution in [2.45, 2.75) is 174 Å². The molecule has 0 bridgehead atoms. The highest BCUT2D eigenvalue weighted by Crippen LogP contribution is 2.43. The van der Waals surface area contributed by atoms with Crippen molar-refractivity contribution in [2.75, 3.05) is 19.8 Å². The number of rotatable bonds is 34. The van der Waals surface area contributed by atoms with Gasteiger partial charge in [0.1, 0.15) is 12.7 Å². The number of carbonyl (C=O) groups excluding carboxylic acids is 2. The van der Waals surface area contributed by atoms with Crippen LogP contribution in [0.3, 0.4) is 0 Å². The van der Waals surface area contributed by atoms with Crippen molar-refractivity contribution in [3.63, 3.8) is 0 Å². The standard InChI is InChI=1S/C35H66NO10P/c1-3-5-7-9-11-13-15-16-17-19-21-23-25-27-34(39)44-28-31(37)29-45-47(42,43)46-30-32(35(40)41)36-33(38)26-24-22-20-18-14-12-10-8-6-4-2/h13,15,31-32,37H,3-12,14,16-30H2,1-2H3,(H,36,38)(H,40,41)(H,42,43)/b15-13-. The normalized spacial score (nSPS) is 14.1. The van der Waals surface area contributed by atoms with Gasteiger partial charge in [-0.05, 0) is 38.5 Å². The number of aliphatic carboxylic acids is 1. The molecule has 0 saturated carbocycles. The van der Waals surface area contributed by atoms with E-state index in [0.717, 1.165) is 57.8 Å². The molecule has 0 aromatic carbocycles. The molecule has 0 aromatic heterocycles. The Labute approximate surface area is 284 Å². The van der Waals surface area contributed by atoms with Gasteiger partial charge in [0.15, 0.2) is 6.04 Å². The molecular formula is C35H66NO10P. The van der Waals surface area contributed by atoms with Gasteiger partial charge in [-0.1, -0.05) is 122 Å². The van der Waals surface area contributed by atoms with Crippen molar-refractivity contribution >= 4 is 25.7 Å². The Hall–Kier alpha value is -1.78. The molecule has 1 amide bonds. The van der Waals surface area contributed by atoms with Gasteiger partial charge in [0.25, 0.3) is 0 Å². The van der Waals surface area contributed by atoms with E-state index in [2.05, 4.69) is 31.3 Å². The molecule has 0 heterocycles. The Kier molecular flexibility index (Phi) is 30.3. The third kappa shape index (κ3) is 31.3. The summed E-state index contributed by atoms with van der Waals surface area (Å²) in [6, 6.07) is -1.54. The van der Waals surface area contributed by atoms with E-state index in [0.29, 0.717) is 12.8 Å². The van der Waals surface area contributed by atoms with E-state index in [-0.39, 0.29) is 12.8 Å². The molecule has 0 aliphatic rings. The summed E-state index contributed by atoms with van der Waals surface area (Å²) in [6.07, 6.45) is 26.8. The molecule has 11 nitrogen and oxygen atoms in total.